The van der Waals surface area contributed by atoms with E-state index < -0.39 is 0 Å². The van der Waals surface area contributed by atoms with Crippen molar-refractivity contribution < 1.29 is 0 Å². The zero-order valence-electron chi connectivity index (χ0n) is 5.25. The molecule has 0 N–H and O–H groups in total. The van der Waals surface area contributed by atoms with Crippen molar-refractivity contribution in [2.45, 2.75) is 0 Å². The smallest absolute Gasteiger partial charge is 0.0586 e. The fraction of sp³-hybridized carbons (Fsp3) is 0.143. The lowest BCUT2D eigenvalue weighted by atomic mass is 10.4. The van der Waals surface area contributed by atoms with Crippen LogP contribution in [0.2, 0.25) is 5.02 Å². The molecule has 0 radical (unpaired) electrons. The number of hydrogen-bond donors (Lipinski definition) is 1. The topological polar surface area (TPSA) is 0 Å². The Kier molecular flexibility index (Phi) is 3.32. The van der Waals surface area contributed by atoms with Crippen molar-refractivity contribution in [3.8, 4) is 0 Å². The Labute approximate surface area is 74.9 Å². The van der Waals surface area contributed by atoms with Crippen molar-refractivity contribution in [1.29, 1.82) is 0 Å². The lowest BCUT2D eigenvalue weighted by Gasteiger charge is -1.84. The lowest BCUT2D eigenvalue weighted by Crippen LogP contribution is -1.62. The molecular weight excluding hydrogens is 184 g/mol. The standard InChI is InChI=1S/C7H7ClS2/c8-6-3-5-10-7(6)2-1-4-9/h1-3,5,9H,4H2. The van der Waals surface area contributed by atoms with E-state index in [9.17, 15) is 0 Å². The van der Waals surface area contributed by atoms with E-state index in [0.717, 1.165) is 15.7 Å². The van der Waals surface area contributed by atoms with Crippen molar-refractivity contribution in [2.24, 2.45) is 0 Å². The minimum absolute atomic E-state index is 0.758. The maximum absolute atomic E-state index is 5.81. The highest BCUT2D eigenvalue weighted by atomic mass is 35.5. The average Bonchev–Trinajstić information content (AvgIpc) is 2.31. The molecule has 0 aliphatic carbocycles. The highest BCUT2D eigenvalue weighted by Crippen LogP contribution is 2.22. The lowest BCUT2D eigenvalue weighted by molar-refractivity contribution is 1.82. The summed E-state index contributed by atoms with van der Waals surface area (Å²) in [6.07, 6.45) is 3.96. The van der Waals surface area contributed by atoms with Crippen molar-refractivity contribution >= 4 is 41.6 Å². The second-order valence-electron chi connectivity index (χ2n) is 1.72. The first-order valence-corrected chi connectivity index (χ1v) is 4.74. The van der Waals surface area contributed by atoms with Crippen LogP contribution >= 0.6 is 35.6 Å². The summed E-state index contributed by atoms with van der Waals surface area (Å²) in [6.45, 7) is 0. The molecule has 0 unspecified atom stereocenters. The molecule has 0 saturated carbocycles. The van der Waals surface area contributed by atoms with Crippen LogP contribution in [0.4, 0.5) is 0 Å². The van der Waals surface area contributed by atoms with Crippen LogP contribution in [0.25, 0.3) is 6.08 Å². The molecule has 0 amide bonds. The average molecular weight is 191 g/mol. The highest BCUT2D eigenvalue weighted by Gasteiger charge is 1.94. The van der Waals surface area contributed by atoms with Crippen LogP contribution in [0.1, 0.15) is 4.88 Å². The summed E-state index contributed by atoms with van der Waals surface area (Å²) >= 11 is 11.5. The summed E-state index contributed by atoms with van der Waals surface area (Å²) in [5.41, 5.74) is 0. The summed E-state index contributed by atoms with van der Waals surface area (Å²) in [7, 11) is 0. The Morgan fingerprint density at radius 2 is 2.50 bits per heavy atom. The van der Waals surface area contributed by atoms with Gasteiger partial charge in [-0.25, -0.2) is 0 Å². The summed E-state index contributed by atoms with van der Waals surface area (Å²) in [6, 6.07) is 1.89. The van der Waals surface area contributed by atoms with Crippen LogP contribution < -0.4 is 0 Å². The minimum Gasteiger partial charge on any atom is -0.175 e. The first-order chi connectivity index (χ1) is 4.84. The molecule has 10 heavy (non-hydrogen) atoms. The predicted molar refractivity (Wildman–Crippen MR) is 52.2 cm³/mol. The van der Waals surface area contributed by atoms with E-state index in [2.05, 4.69) is 12.6 Å². The molecule has 1 heterocycles. The number of hydrogen-bond acceptors (Lipinski definition) is 2. The van der Waals surface area contributed by atoms with E-state index in [4.69, 9.17) is 11.6 Å². The fourth-order valence-corrected chi connectivity index (χ4v) is 1.73. The molecule has 0 spiro atoms. The molecule has 0 nitrogen and oxygen atoms in total. The van der Waals surface area contributed by atoms with E-state index in [-0.39, 0.29) is 0 Å². The summed E-state index contributed by atoms with van der Waals surface area (Å²) < 4.78 is 0. The molecule has 0 fully saturated rings. The summed E-state index contributed by atoms with van der Waals surface area (Å²) in [4.78, 5) is 1.11. The Hall–Kier alpha value is 0.0800. The van der Waals surface area contributed by atoms with Gasteiger partial charge in [0, 0.05) is 10.6 Å². The van der Waals surface area contributed by atoms with E-state index in [1.165, 1.54) is 0 Å². The fourth-order valence-electron chi connectivity index (χ4n) is 0.584. The normalized spacial score (nSPS) is 11.0. The number of halogens is 1. The molecule has 1 aromatic heterocycles. The first-order valence-electron chi connectivity index (χ1n) is 2.85. The largest absolute Gasteiger partial charge is 0.175 e. The predicted octanol–water partition coefficient (Wildman–Crippen LogP) is 3.34. The quantitative estimate of drug-likeness (QED) is 0.680. The number of rotatable bonds is 2. The van der Waals surface area contributed by atoms with E-state index >= 15 is 0 Å². The van der Waals surface area contributed by atoms with Gasteiger partial charge in [-0.2, -0.15) is 12.6 Å². The first kappa shape index (κ1) is 8.18. The van der Waals surface area contributed by atoms with Gasteiger partial charge in [0.2, 0.25) is 0 Å². The van der Waals surface area contributed by atoms with Crippen LogP contribution in [0, 0.1) is 0 Å². The third-order valence-corrected chi connectivity index (χ3v) is 2.55. The van der Waals surface area contributed by atoms with Crippen LogP contribution in [0.3, 0.4) is 0 Å². The Morgan fingerprint density at radius 3 is 3.00 bits per heavy atom. The Morgan fingerprint density at radius 1 is 1.70 bits per heavy atom. The van der Waals surface area contributed by atoms with Gasteiger partial charge in [-0.1, -0.05) is 17.7 Å². The van der Waals surface area contributed by atoms with Gasteiger partial charge in [-0.3, -0.25) is 0 Å². The summed E-state index contributed by atoms with van der Waals surface area (Å²) in [5, 5.41) is 2.79. The minimum atomic E-state index is 0.758. The molecule has 0 aliphatic heterocycles. The van der Waals surface area contributed by atoms with E-state index in [1.807, 2.05) is 23.6 Å². The van der Waals surface area contributed by atoms with Gasteiger partial charge in [0.05, 0.1) is 5.02 Å². The molecular formula is C7H7ClS2. The zero-order chi connectivity index (χ0) is 7.40. The van der Waals surface area contributed by atoms with Gasteiger partial charge in [-0.05, 0) is 17.5 Å². The summed E-state index contributed by atoms with van der Waals surface area (Å²) in [5.74, 6) is 0.758. The third-order valence-electron chi connectivity index (χ3n) is 1.02. The zero-order valence-corrected chi connectivity index (χ0v) is 7.72. The maximum atomic E-state index is 5.81. The van der Waals surface area contributed by atoms with Crippen molar-refractivity contribution in [3.05, 3.63) is 27.4 Å². The monoisotopic (exact) mass is 190 g/mol. The SMILES string of the molecule is SCC=Cc1sccc1Cl. The van der Waals surface area contributed by atoms with Crippen molar-refractivity contribution in [3.63, 3.8) is 0 Å². The van der Waals surface area contributed by atoms with Crippen LogP contribution in [0.15, 0.2) is 17.5 Å². The Balaban J connectivity index is 2.74. The van der Waals surface area contributed by atoms with Crippen molar-refractivity contribution in [2.75, 3.05) is 5.75 Å². The third kappa shape index (κ3) is 2.04. The van der Waals surface area contributed by atoms with Crippen LogP contribution in [-0.2, 0) is 0 Å². The highest BCUT2D eigenvalue weighted by molar-refractivity contribution is 7.80. The molecule has 1 rings (SSSR count). The molecule has 0 saturated heterocycles. The molecule has 0 aliphatic rings. The van der Waals surface area contributed by atoms with Gasteiger partial charge in [0.25, 0.3) is 0 Å². The molecule has 0 bridgehead atoms. The number of thiol groups is 1. The van der Waals surface area contributed by atoms with Gasteiger partial charge < -0.3 is 0 Å². The van der Waals surface area contributed by atoms with Gasteiger partial charge in [0.1, 0.15) is 0 Å². The van der Waals surface area contributed by atoms with E-state index in [1.54, 1.807) is 11.3 Å². The van der Waals surface area contributed by atoms with Crippen LogP contribution in [0.5, 0.6) is 0 Å². The Bertz CT molecular complexity index is 227. The second-order valence-corrected chi connectivity index (χ2v) is 3.44. The molecule has 0 aromatic carbocycles. The maximum Gasteiger partial charge on any atom is 0.0586 e. The molecule has 3 heteroatoms. The second kappa shape index (κ2) is 4.06. The molecule has 0 atom stereocenters. The number of thiophene rings is 1. The molecule has 54 valence electrons. The van der Waals surface area contributed by atoms with Crippen molar-refractivity contribution in [1.82, 2.24) is 0 Å². The van der Waals surface area contributed by atoms with E-state index in [0.29, 0.717) is 0 Å². The molecule has 1 aromatic rings. The van der Waals surface area contributed by atoms with Gasteiger partial charge >= 0.3 is 0 Å². The van der Waals surface area contributed by atoms with Gasteiger partial charge in [-0.15, -0.1) is 11.3 Å². The van der Waals surface area contributed by atoms with Gasteiger partial charge in [0.15, 0.2) is 0 Å². The van der Waals surface area contributed by atoms with Crippen LogP contribution in [-0.4, -0.2) is 5.75 Å².